The van der Waals surface area contributed by atoms with E-state index in [0.717, 1.165) is 23.4 Å². The van der Waals surface area contributed by atoms with Crippen LogP contribution in [0.25, 0.3) is 0 Å². The normalized spacial score (nSPS) is 13.6. The molecule has 30 heavy (non-hydrogen) atoms. The molecule has 1 N–H and O–H groups in total. The van der Waals surface area contributed by atoms with E-state index in [1.807, 2.05) is 60.7 Å². The first-order valence-corrected chi connectivity index (χ1v) is 9.76. The summed E-state index contributed by atoms with van der Waals surface area (Å²) in [6.45, 7) is 0.684. The van der Waals surface area contributed by atoms with Crippen molar-refractivity contribution in [2.24, 2.45) is 5.10 Å². The number of para-hydroxylation sites is 1. The Hall–Kier alpha value is -3.93. The lowest BCUT2D eigenvalue weighted by molar-refractivity contribution is -0.117. The van der Waals surface area contributed by atoms with Crippen LogP contribution in [0.4, 0.5) is 5.69 Å². The molecule has 3 aromatic rings. The molecule has 1 saturated heterocycles. The molecule has 3 aromatic carbocycles. The number of hydrogen-bond acceptors (Lipinski definition) is 4. The topological polar surface area (TPSA) is 71.0 Å². The Balaban J connectivity index is 1.39. The zero-order chi connectivity index (χ0) is 20.8. The van der Waals surface area contributed by atoms with Crippen molar-refractivity contribution in [2.45, 2.75) is 12.8 Å². The molecule has 1 fully saturated rings. The molecule has 0 saturated carbocycles. The fraction of sp³-hybridized carbons (Fsp3) is 0.125. The van der Waals surface area contributed by atoms with Crippen molar-refractivity contribution in [3.63, 3.8) is 0 Å². The van der Waals surface area contributed by atoms with Crippen LogP contribution in [0.2, 0.25) is 0 Å². The minimum absolute atomic E-state index is 0.0863. The Bertz CT molecular complexity index is 1080. The summed E-state index contributed by atoms with van der Waals surface area (Å²) >= 11 is 0. The van der Waals surface area contributed by atoms with E-state index in [2.05, 4.69) is 10.5 Å². The van der Waals surface area contributed by atoms with Crippen molar-refractivity contribution in [3.8, 4) is 11.5 Å². The Morgan fingerprint density at radius 1 is 0.967 bits per heavy atom. The number of anilines is 1. The van der Waals surface area contributed by atoms with Crippen LogP contribution in [-0.4, -0.2) is 24.6 Å². The maximum absolute atomic E-state index is 12.4. The molecule has 6 nitrogen and oxygen atoms in total. The molecule has 4 rings (SSSR count). The summed E-state index contributed by atoms with van der Waals surface area (Å²) in [6, 6.07) is 23.9. The highest BCUT2D eigenvalue weighted by Crippen LogP contribution is 2.23. The fourth-order valence-corrected chi connectivity index (χ4v) is 3.25. The van der Waals surface area contributed by atoms with Crippen LogP contribution in [0.5, 0.6) is 11.5 Å². The maximum atomic E-state index is 12.4. The first-order chi connectivity index (χ1) is 14.7. The van der Waals surface area contributed by atoms with Crippen molar-refractivity contribution >= 4 is 23.7 Å². The molecule has 2 amide bonds. The van der Waals surface area contributed by atoms with Gasteiger partial charge in [0.15, 0.2) is 0 Å². The third-order valence-corrected chi connectivity index (χ3v) is 4.71. The predicted octanol–water partition coefficient (Wildman–Crippen LogP) is 4.37. The number of hydrazone groups is 1. The summed E-state index contributed by atoms with van der Waals surface area (Å²) in [7, 11) is 0. The van der Waals surface area contributed by atoms with Crippen LogP contribution < -0.4 is 15.1 Å². The number of carbonyl (C=O) groups excluding carboxylic acids is 2. The number of rotatable bonds is 6. The monoisotopic (exact) mass is 399 g/mol. The molecule has 0 bridgehead atoms. The standard InChI is InChI=1S/C24H21N3O3/c28-23-13-6-14-27(23)20-9-5-8-19(16-20)24(29)26-25-17-18-7-4-12-22(15-18)30-21-10-2-1-3-11-21/h1-5,7-12,15-17H,6,13-14H2,(H,26,29)/b25-17-. The van der Waals surface area contributed by atoms with Crippen LogP contribution in [0.3, 0.4) is 0 Å². The third kappa shape index (κ3) is 4.72. The molecule has 0 unspecified atom stereocenters. The van der Waals surface area contributed by atoms with Gasteiger partial charge in [-0.3, -0.25) is 9.59 Å². The van der Waals surface area contributed by atoms with Gasteiger partial charge in [-0.25, -0.2) is 5.43 Å². The van der Waals surface area contributed by atoms with Gasteiger partial charge in [0.25, 0.3) is 5.91 Å². The Morgan fingerprint density at radius 2 is 1.77 bits per heavy atom. The van der Waals surface area contributed by atoms with Gasteiger partial charge in [-0.1, -0.05) is 36.4 Å². The van der Waals surface area contributed by atoms with E-state index in [9.17, 15) is 9.59 Å². The number of hydrogen-bond donors (Lipinski definition) is 1. The highest BCUT2D eigenvalue weighted by Gasteiger charge is 2.22. The first-order valence-electron chi connectivity index (χ1n) is 9.76. The minimum atomic E-state index is -0.337. The quantitative estimate of drug-likeness (QED) is 0.494. The Kier molecular flexibility index (Phi) is 5.85. The number of nitrogens with zero attached hydrogens (tertiary/aromatic N) is 2. The van der Waals surface area contributed by atoms with E-state index in [1.54, 1.807) is 29.3 Å². The summed E-state index contributed by atoms with van der Waals surface area (Å²) in [5.74, 6) is 1.18. The molecule has 150 valence electrons. The number of ether oxygens (including phenoxy) is 1. The molecule has 0 aromatic heterocycles. The van der Waals surface area contributed by atoms with Crippen molar-refractivity contribution in [1.82, 2.24) is 5.43 Å². The molecule has 1 aliphatic heterocycles. The third-order valence-electron chi connectivity index (χ3n) is 4.71. The van der Waals surface area contributed by atoms with Crippen molar-refractivity contribution in [3.05, 3.63) is 90.0 Å². The lowest BCUT2D eigenvalue weighted by atomic mass is 10.2. The maximum Gasteiger partial charge on any atom is 0.271 e. The lowest BCUT2D eigenvalue weighted by Crippen LogP contribution is -2.24. The van der Waals surface area contributed by atoms with E-state index in [1.165, 1.54) is 0 Å². The fourth-order valence-electron chi connectivity index (χ4n) is 3.25. The van der Waals surface area contributed by atoms with E-state index in [4.69, 9.17) is 4.74 Å². The summed E-state index contributed by atoms with van der Waals surface area (Å²) < 4.78 is 5.81. The summed E-state index contributed by atoms with van der Waals surface area (Å²) in [6.07, 6.45) is 2.95. The van der Waals surface area contributed by atoms with Gasteiger partial charge in [0, 0.05) is 24.2 Å². The second kappa shape index (κ2) is 9.05. The van der Waals surface area contributed by atoms with Gasteiger partial charge in [0.05, 0.1) is 6.21 Å². The Morgan fingerprint density at radius 3 is 2.57 bits per heavy atom. The molecular formula is C24H21N3O3. The average Bonchev–Trinajstić information content (AvgIpc) is 3.21. The van der Waals surface area contributed by atoms with Gasteiger partial charge in [-0.15, -0.1) is 0 Å². The van der Waals surface area contributed by atoms with Crippen molar-refractivity contribution in [2.75, 3.05) is 11.4 Å². The molecule has 1 aliphatic rings. The number of amides is 2. The highest BCUT2D eigenvalue weighted by atomic mass is 16.5. The average molecular weight is 399 g/mol. The number of carbonyl (C=O) groups is 2. The van der Waals surface area contributed by atoms with Gasteiger partial charge in [0.2, 0.25) is 5.91 Å². The van der Waals surface area contributed by atoms with Crippen molar-refractivity contribution < 1.29 is 14.3 Å². The van der Waals surface area contributed by atoms with Crippen LogP contribution in [0, 0.1) is 0 Å². The van der Waals surface area contributed by atoms with E-state index in [-0.39, 0.29) is 11.8 Å². The van der Waals surface area contributed by atoms with Crippen LogP contribution in [0.1, 0.15) is 28.8 Å². The summed E-state index contributed by atoms with van der Waals surface area (Å²) in [4.78, 5) is 26.1. The van der Waals surface area contributed by atoms with E-state index >= 15 is 0 Å². The second-order valence-corrected chi connectivity index (χ2v) is 6.89. The summed E-state index contributed by atoms with van der Waals surface area (Å²) in [5, 5.41) is 4.05. The highest BCUT2D eigenvalue weighted by molar-refractivity contribution is 5.99. The van der Waals surface area contributed by atoms with Crippen molar-refractivity contribution in [1.29, 1.82) is 0 Å². The molecule has 0 aliphatic carbocycles. The second-order valence-electron chi connectivity index (χ2n) is 6.89. The molecule has 0 radical (unpaired) electrons. The van der Waals surface area contributed by atoms with Crippen LogP contribution >= 0.6 is 0 Å². The molecular weight excluding hydrogens is 378 g/mol. The zero-order valence-corrected chi connectivity index (χ0v) is 16.3. The minimum Gasteiger partial charge on any atom is -0.457 e. The Labute approximate surface area is 174 Å². The zero-order valence-electron chi connectivity index (χ0n) is 16.3. The molecule has 1 heterocycles. The van der Waals surface area contributed by atoms with E-state index in [0.29, 0.717) is 24.3 Å². The SMILES string of the molecule is O=C(N/N=C\c1cccc(Oc2ccccc2)c1)c1cccc(N2CCCC2=O)c1. The van der Waals surface area contributed by atoms with Gasteiger partial charge in [-0.05, 0) is 54.4 Å². The predicted molar refractivity (Wildman–Crippen MR) is 116 cm³/mol. The van der Waals surface area contributed by atoms with Gasteiger partial charge < -0.3 is 9.64 Å². The van der Waals surface area contributed by atoms with Crippen LogP contribution in [-0.2, 0) is 4.79 Å². The summed E-state index contributed by atoms with van der Waals surface area (Å²) in [5.41, 5.74) is 4.51. The lowest BCUT2D eigenvalue weighted by Gasteiger charge is -2.16. The van der Waals surface area contributed by atoms with E-state index < -0.39 is 0 Å². The van der Waals surface area contributed by atoms with Crippen LogP contribution in [0.15, 0.2) is 84.0 Å². The number of benzene rings is 3. The molecule has 0 spiro atoms. The first kappa shape index (κ1) is 19.4. The largest absolute Gasteiger partial charge is 0.457 e. The van der Waals surface area contributed by atoms with Gasteiger partial charge in [-0.2, -0.15) is 5.10 Å². The van der Waals surface area contributed by atoms with Gasteiger partial charge >= 0.3 is 0 Å². The smallest absolute Gasteiger partial charge is 0.271 e. The molecule has 0 atom stereocenters. The van der Waals surface area contributed by atoms with Gasteiger partial charge in [0.1, 0.15) is 11.5 Å². The molecule has 6 heteroatoms. The number of nitrogens with one attached hydrogen (secondary N) is 1.